The van der Waals surface area contributed by atoms with E-state index in [0.29, 0.717) is 6.54 Å². The Kier molecular flexibility index (Phi) is 4.76. The molecule has 2 amide bonds. The van der Waals surface area contributed by atoms with E-state index in [4.69, 9.17) is 1.37 Å². The zero-order valence-electron chi connectivity index (χ0n) is 11.8. The zero-order chi connectivity index (χ0) is 14.3. The highest BCUT2D eigenvalue weighted by Gasteiger charge is 2.22. The highest BCUT2D eigenvalue weighted by Crippen LogP contribution is 2.03. The van der Waals surface area contributed by atoms with Crippen LogP contribution < -0.4 is 10.6 Å². The summed E-state index contributed by atoms with van der Waals surface area (Å²) in [6.45, 7) is 3.78. The molecule has 4 heteroatoms. The van der Waals surface area contributed by atoms with E-state index in [1.165, 1.54) is 0 Å². The predicted molar refractivity (Wildman–Crippen MR) is 70.7 cm³/mol. The number of hydrogen-bond donors (Lipinski definition) is 2. The van der Waals surface area contributed by atoms with Gasteiger partial charge in [0.1, 0.15) is 6.04 Å². The van der Waals surface area contributed by atoms with Gasteiger partial charge in [-0.05, 0) is 11.5 Å². The summed E-state index contributed by atoms with van der Waals surface area (Å²) >= 11 is 0. The van der Waals surface area contributed by atoms with Gasteiger partial charge in [-0.15, -0.1) is 0 Å². The maximum atomic E-state index is 12.0. The topological polar surface area (TPSA) is 58.2 Å². The smallest absolute Gasteiger partial charge is 0.243 e. The minimum atomic E-state index is -0.596. The summed E-state index contributed by atoms with van der Waals surface area (Å²) in [5.41, 5.74) is 1.00. The number of benzene rings is 1. The second kappa shape index (κ2) is 6.79. The number of hydrogen-bond acceptors (Lipinski definition) is 2. The van der Waals surface area contributed by atoms with Gasteiger partial charge in [-0.2, -0.15) is 0 Å². The lowest BCUT2D eigenvalue weighted by Crippen LogP contribution is -2.48. The van der Waals surface area contributed by atoms with Crippen LogP contribution in [0.2, 0.25) is 0 Å². The van der Waals surface area contributed by atoms with Gasteiger partial charge in [0, 0.05) is 14.8 Å². The molecule has 2 N–H and O–H groups in total. The number of nitrogens with one attached hydrogen (secondary N) is 2. The Morgan fingerprint density at radius 3 is 2.50 bits per heavy atom. The average Bonchev–Trinajstić information content (AvgIpc) is 2.42. The van der Waals surface area contributed by atoms with Crippen molar-refractivity contribution in [1.82, 2.24) is 10.6 Å². The van der Waals surface area contributed by atoms with Gasteiger partial charge >= 0.3 is 0 Å². The summed E-state index contributed by atoms with van der Waals surface area (Å²) in [5, 5.41) is 5.36. The third-order valence-electron chi connectivity index (χ3n) is 2.58. The van der Waals surface area contributed by atoms with Crippen molar-refractivity contribution in [3.8, 4) is 0 Å². The van der Waals surface area contributed by atoms with E-state index in [1.807, 2.05) is 44.2 Å². The van der Waals surface area contributed by atoms with Crippen LogP contribution in [0.3, 0.4) is 0 Å². The largest absolute Gasteiger partial charge is 0.350 e. The molecule has 0 spiro atoms. The van der Waals surface area contributed by atoms with E-state index >= 15 is 0 Å². The van der Waals surface area contributed by atoms with Gasteiger partial charge in [0.15, 0.2) is 0 Å². The van der Waals surface area contributed by atoms with Crippen LogP contribution in [0.1, 0.15) is 27.7 Å². The van der Waals surface area contributed by atoms with Crippen molar-refractivity contribution >= 4 is 11.8 Å². The van der Waals surface area contributed by atoms with E-state index in [-0.39, 0.29) is 18.7 Å². The molecule has 1 rings (SSSR count). The monoisotopic (exact) mass is 249 g/mol. The first-order chi connectivity index (χ1) is 9.04. The summed E-state index contributed by atoms with van der Waals surface area (Å²) in [6.07, 6.45) is 0. The molecule has 0 saturated heterocycles. The second-order valence-corrected chi connectivity index (χ2v) is 4.49. The molecule has 0 bridgehead atoms. The van der Waals surface area contributed by atoms with Crippen LogP contribution in [0, 0.1) is 5.92 Å². The highest BCUT2D eigenvalue weighted by molar-refractivity contribution is 5.86. The lowest BCUT2D eigenvalue weighted by molar-refractivity contribution is -0.129. The van der Waals surface area contributed by atoms with Gasteiger partial charge in [0.25, 0.3) is 0 Å². The Bertz CT molecular complexity index is 421. The first kappa shape index (κ1) is 12.6. The van der Waals surface area contributed by atoms with E-state index < -0.39 is 11.9 Å². The van der Waals surface area contributed by atoms with Crippen molar-refractivity contribution < 1.29 is 11.0 Å². The summed E-state index contributed by atoms with van der Waals surface area (Å²) in [4.78, 5) is 23.2. The number of amides is 2. The fraction of sp³-hybridized carbons (Fsp3) is 0.429. The first-order valence-corrected chi connectivity index (χ1v) is 5.94. The SMILES string of the molecule is [2H]CC(=O)N[C@H](C(=O)NCc1ccccc1)C(C)C. The molecule has 0 aliphatic rings. The molecular weight excluding hydrogens is 228 g/mol. The molecule has 1 aromatic carbocycles. The van der Waals surface area contributed by atoms with E-state index in [2.05, 4.69) is 10.6 Å². The molecule has 0 unspecified atom stereocenters. The van der Waals surface area contributed by atoms with Crippen molar-refractivity contribution in [3.05, 3.63) is 35.9 Å². The third kappa shape index (κ3) is 4.57. The molecule has 1 aromatic rings. The van der Waals surface area contributed by atoms with Crippen LogP contribution >= 0.6 is 0 Å². The van der Waals surface area contributed by atoms with Gasteiger partial charge in [-0.3, -0.25) is 9.59 Å². The Hall–Kier alpha value is -1.84. The van der Waals surface area contributed by atoms with E-state index in [0.717, 1.165) is 5.56 Å². The van der Waals surface area contributed by atoms with Crippen molar-refractivity contribution in [2.75, 3.05) is 0 Å². The first-order valence-electron chi connectivity index (χ1n) is 6.65. The number of carbonyl (C=O) groups is 2. The predicted octanol–water partition coefficient (Wildman–Crippen LogP) is 1.46. The van der Waals surface area contributed by atoms with Crippen molar-refractivity contribution in [3.63, 3.8) is 0 Å². The number of carbonyl (C=O) groups excluding carboxylic acids is 2. The van der Waals surface area contributed by atoms with Gasteiger partial charge in [-0.25, -0.2) is 0 Å². The van der Waals surface area contributed by atoms with Crippen LogP contribution in [0.5, 0.6) is 0 Å². The normalized spacial score (nSPS) is 12.7. The molecular formula is C14H20N2O2. The Labute approximate surface area is 109 Å². The van der Waals surface area contributed by atoms with Gasteiger partial charge in [0.2, 0.25) is 11.8 Å². The summed E-state index contributed by atoms with van der Waals surface area (Å²) in [5.74, 6) is -0.680. The van der Waals surface area contributed by atoms with Crippen LogP contribution in [-0.2, 0) is 16.1 Å². The molecule has 4 nitrogen and oxygen atoms in total. The minimum Gasteiger partial charge on any atom is -0.350 e. The fourth-order valence-corrected chi connectivity index (χ4v) is 1.60. The molecule has 18 heavy (non-hydrogen) atoms. The Balaban J connectivity index is 2.55. The molecule has 0 radical (unpaired) electrons. The maximum Gasteiger partial charge on any atom is 0.243 e. The molecule has 0 aliphatic heterocycles. The van der Waals surface area contributed by atoms with Crippen LogP contribution in [-0.4, -0.2) is 17.9 Å². The molecule has 98 valence electrons. The molecule has 0 aromatic heterocycles. The van der Waals surface area contributed by atoms with Gasteiger partial charge in [0.05, 0.1) is 0 Å². The Morgan fingerprint density at radius 2 is 1.94 bits per heavy atom. The van der Waals surface area contributed by atoms with Crippen LogP contribution in [0.25, 0.3) is 0 Å². The fourth-order valence-electron chi connectivity index (χ4n) is 1.60. The van der Waals surface area contributed by atoms with Gasteiger partial charge in [-0.1, -0.05) is 44.2 Å². The van der Waals surface area contributed by atoms with E-state index in [9.17, 15) is 9.59 Å². The van der Waals surface area contributed by atoms with Crippen LogP contribution in [0.15, 0.2) is 30.3 Å². The molecule has 0 fully saturated rings. The van der Waals surface area contributed by atoms with Crippen molar-refractivity contribution in [1.29, 1.82) is 0 Å². The molecule has 0 saturated carbocycles. The van der Waals surface area contributed by atoms with Crippen molar-refractivity contribution in [2.24, 2.45) is 5.92 Å². The van der Waals surface area contributed by atoms with E-state index in [1.54, 1.807) is 0 Å². The summed E-state index contributed by atoms with van der Waals surface area (Å²) in [6, 6.07) is 8.98. The minimum absolute atomic E-state index is 0.0220. The van der Waals surface area contributed by atoms with Gasteiger partial charge < -0.3 is 10.6 Å². The maximum absolute atomic E-state index is 12.0. The summed E-state index contributed by atoms with van der Waals surface area (Å²) in [7, 11) is 0. The lowest BCUT2D eigenvalue weighted by Gasteiger charge is -2.20. The zero-order valence-corrected chi connectivity index (χ0v) is 10.8. The third-order valence-corrected chi connectivity index (χ3v) is 2.58. The number of rotatable bonds is 5. The highest BCUT2D eigenvalue weighted by atomic mass is 16.2. The lowest BCUT2D eigenvalue weighted by atomic mass is 10.0. The Morgan fingerprint density at radius 1 is 1.28 bits per heavy atom. The second-order valence-electron chi connectivity index (χ2n) is 4.49. The quantitative estimate of drug-likeness (QED) is 0.830. The van der Waals surface area contributed by atoms with Crippen molar-refractivity contribution in [2.45, 2.75) is 33.3 Å². The standard InChI is InChI=1S/C14H20N2O2/c1-10(2)13(16-11(3)17)14(18)15-9-12-7-5-4-6-8-12/h4-8,10,13H,9H2,1-3H3,(H,15,18)(H,16,17)/t13-/m0/s1/i3D. The van der Waals surface area contributed by atoms with Crippen LogP contribution in [0.4, 0.5) is 0 Å². The summed E-state index contributed by atoms with van der Waals surface area (Å²) < 4.78 is 6.98. The average molecular weight is 249 g/mol. The molecule has 1 atom stereocenters. The molecule has 0 aliphatic carbocycles. The molecule has 0 heterocycles.